The quantitative estimate of drug-likeness (QED) is 0.359. The molecular weight excluding hydrogens is 466 g/mol. The van der Waals surface area contributed by atoms with Gasteiger partial charge in [0, 0.05) is 57.6 Å². The van der Waals surface area contributed by atoms with E-state index in [1.54, 1.807) is 24.1 Å². The standard InChI is InChI=1S/C25H29N5O4S/c1-28-19-6-3-2-5-18(19)22-20(25(28)32)21(34-16-13-29-11-14-33-15-12-29)23(35-22)24(31)27-7-4-9-30-10-8-26-17-30/h2-3,5-6,8,10,17H,4,7,9,11-16H2,1H3,(H,27,31). The summed E-state index contributed by atoms with van der Waals surface area (Å²) in [5, 5.41) is 4.42. The molecule has 1 fully saturated rings. The van der Waals surface area contributed by atoms with Crippen molar-refractivity contribution in [3.05, 3.63) is 58.2 Å². The summed E-state index contributed by atoms with van der Waals surface area (Å²) in [5.74, 6) is 0.168. The molecular formula is C25H29N5O4S. The lowest BCUT2D eigenvalue weighted by atomic mass is 10.1. The van der Waals surface area contributed by atoms with Gasteiger partial charge in [0.25, 0.3) is 11.5 Å². The lowest BCUT2D eigenvalue weighted by Crippen LogP contribution is -2.38. The number of hydrogen-bond donors (Lipinski definition) is 1. The third kappa shape index (κ3) is 4.95. The van der Waals surface area contributed by atoms with Gasteiger partial charge < -0.3 is 23.9 Å². The number of nitrogens with zero attached hydrogens (tertiary/aromatic N) is 4. The number of morpholine rings is 1. The number of aromatic nitrogens is 3. The van der Waals surface area contributed by atoms with Gasteiger partial charge in [0.05, 0.1) is 29.8 Å². The van der Waals surface area contributed by atoms with Crippen molar-refractivity contribution in [1.29, 1.82) is 0 Å². The normalized spacial score (nSPS) is 14.5. The van der Waals surface area contributed by atoms with Gasteiger partial charge in [-0.05, 0) is 12.5 Å². The minimum atomic E-state index is -0.218. The number of thiophene rings is 1. The second-order valence-electron chi connectivity index (χ2n) is 8.56. The summed E-state index contributed by atoms with van der Waals surface area (Å²) in [7, 11) is 1.76. The van der Waals surface area contributed by atoms with E-state index in [9.17, 15) is 9.59 Å². The third-order valence-electron chi connectivity index (χ3n) is 6.29. The first kappa shape index (κ1) is 23.5. The zero-order valence-electron chi connectivity index (χ0n) is 19.7. The molecule has 1 aliphatic rings. The van der Waals surface area contributed by atoms with Gasteiger partial charge in [-0.3, -0.25) is 14.5 Å². The molecule has 0 unspecified atom stereocenters. The highest BCUT2D eigenvalue weighted by Gasteiger charge is 2.25. The number of carbonyl (C=O) groups excluding carboxylic acids is 1. The van der Waals surface area contributed by atoms with Gasteiger partial charge in [0.1, 0.15) is 16.9 Å². The predicted octanol–water partition coefficient (Wildman–Crippen LogP) is 2.48. The number of ether oxygens (including phenoxy) is 2. The maximum Gasteiger partial charge on any atom is 0.265 e. The number of nitrogens with one attached hydrogen (secondary N) is 1. The molecule has 1 saturated heterocycles. The molecule has 3 aromatic heterocycles. The molecule has 4 heterocycles. The molecule has 0 radical (unpaired) electrons. The van der Waals surface area contributed by atoms with Crippen LogP contribution >= 0.6 is 11.3 Å². The van der Waals surface area contributed by atoms with Crippen LogP contribution in [-0.2, 0) is 18.3 Å². The van der Waals surface area contributed by atoms with Crippen LogP contribution in [0.15, 0.2) is 47.8 Å². The van der Waals surface area contributed by atoms with E-state index in [0.717, 1.165) is 41.7 Å². The Morgan fingerprint density at radius 1 is 1.23 bits per heavy atom. The van der Waals surface area contributed by atoms with E-state index in [1.165, 1.54) is 11.3 Å². The molecule has 1 aromatic carbocycles. The van der Waals surface area contributed by atoms with Gasteiger partial charge in [-0.1, -0.05) is 18.2 Å². The van der Waals surface area contributed by atoms with Crippen LogP contribution in [0.3, 0.4) is 0 Å². The summed E-state index contributed by atoms with van der Waals surface area (Å²) < 4.78 is 16.0. The van der Waals surface area contributed by atoms with Gasteiger partial charge in [-0.15, -0.1) is 11.3 Å². The van der Waals surface area contributed by atoms with Crippen LogP contribution in [0, 0.1) is 0 Å². The van der Waals surface area contributed by atoms with Crippen molar-refractivity contribution in [2.75, 3.05) is 46.0 Å². The zero-order chi connectivity index (χ0) is 24.2. The number of aryl methyl sites for hydroxylation is 2. The van der Waals surface area contributed by atoms with Crippen molar-refractivity contribution in [3.8, 4) is 5.75 Å². The molecule has 0 spiro atoms. The molecule has 0 bridgehead atoms. The molecule has 0 saturated carbocycles. The Hall–Kier alpha value is -3.21. The summed E-state index contributed by atoms with van der Waals surface area (Å²) in [5.41, 5.74) is 0.675. The third-order valence-corrected chi connectivity index (χ3v) is 7.50. The second-order valence-corrected chi connectivity index (χ2v) is 9.58. The molecule has 35 heavy (non-hydrogen) atoms. The number of carbonyl (C=O) groups is 1. The Morgan fingerprint density at radius 2 is 2.06 bits per heavy atom. The number of fused-ring (bicyclic) bond motifs is 3. The van der Waals surface area contributed by atoms with E-state index in [0.29, 0.717) is 48.9 Å². The minimum absolute atomic E-state index is 0.157. The summed E-state index contributed by atoms with van der Waals surface area (Å²) in [6.45, 7) is 5.50. The van der Waals surface area contributed by atoms with Gasteiger partial charge >= 0.3 is 0 Å². The Balaban J connectivity index is 1.43. The number of imidazole rings is 1. The van der Waals surface area contributed by atoms with Crippen LogP contribution in [0.5, 0.6) is 5.75 Å². The average Bonchev–Trinajstić information content (AvgIpc) is 3.54. The molecule has 1 N–H and O–H groups in total. The Bertz CT molecular complexity index is 1370. The highest BCUT2D eigenvalue weighted by molar-refractivity contribution is 7.22. The average molecular weight is 496 g/mol. The van der Waals surface area contributed by atoms with Crippen LogP contribution in [0.4, 0.5) is 0 Å². The first-order valence-electron chi connectivity index (χ1n) is 11.8. The van der Waals surface area contributed by atoms with Crippen molar-refractivity contribution in [3.63, 3.8) is 0 Å². The van der Waals surface area contributed by atoms with Crippen LogP contribution in [0.25, 0.3) is 21.0 Å². The molecule has 0 atom stereocenters. The lowest BCUT2D eigenvalue weighted by molar-refractivity contribution is 0.0323. The molecule has 184 valence electrons. The van der Waals surface area contributed by atoms with Gasteiger partial charge in [0.15, 0.2) is 5.75 Å². The maximum absolute atomic E-state index is 13.4. The molecule has 1 amide bonds. The smallest absolute Gasteiger partial charge is 0.265 e. The van der Waals surface area contributed by atoms with E-state index in [1.807, 2.05) is 35.0 Å². The Morgan fingerprint density at radius 3 is 2.86 bits per heavy atom. The summed E-state index contributed by atoms with van der Waals surface area (Å²) in [4.78, 5) is 33.4. The fourth-order valence-corrected chi connectivity index (χ4v) is 5.57. The highest BCUT2D eigenvalue weighted by atomic mass is 32.1. The number of para-hydroxylation sites is 1. The van der Waals surface area contributed by atoms with Gasteiger partial charge in [-0.25, -0.2) is 4.98 Å². The van der Waals surface area contributed by atoms with E-state index < -0.39 is 0 Å². The Kier molecular flexibility index (Phi) is 7.12. The van der Waals surface area contributed by atoms with Crippen molar-refractivity contribution in [2.45, 2.75) is 13.0 Å². The van der Waals surface area contributed by atoms with Crippen LogP contribution in [0.1, 0.15) is 16.1 Å². The van der Waals surface area contributed by atoms with E-state index in [4.69, 9.17) is 9.47 Å². The molecule has 0 aliphatic carbocycles. The van der Waals surface area contributed by atoms with Crippen molar-refractivity contribution in [2.24, 2.45) is 7.05 Å². The van der Waals surface area contributed by atoms with Crippen LogP contribution < -0.4 is 15.6 Å². The molecule has 10 heteroatoms. The maximum atomic E-state index is 13.4. The monoisotopic (exact) mass is 495 g/mol. The van der Waals surface area contributed by atoms with E-state index in [2.05, 4.69) is 15.2 Å². The largest absolute Gasteiger partial charge is 0.490 e. The highest BCUT2D eigenvalue weighted by Crippen LogP contribution is 2.39. The van der Waals surface area contributed by atoms with Crippen LogP contribution in [-0.4, -0.2) is 70.9 Å². The van der Waals surface area contributed by atoms with Crippen molar-refractivity contribution >= 4 is 38.2 Å². The van der Waals surface area contributed by atoms with Crippen molar-refractivity contribution < 1.29 is 14.3 Å². The first-order valence-corrected chi connectivity index (χ1v) is 12.7. The summed E-state index contributed by atoms with van der Waals surface area (Å²) >= 11 is 1.33. The number of amides is 1. The Labute approximate surface area is 206 Å². The summed E-state index contributed by atoms with van der Waals surface area (Å²) in [6, 6.07) is 7.76. The number of rotatable bonds is 9. The fourth-order valence-electron chi connectivity index (χ4n) is 4.39. The topological polar surface area (TPSA) is 90.6 Å². The molecule has 4 aromatic rings. The van der Waals surface area contributed by atoms with Gasteiger partial charge in [0.2, 0.25) is 0 Å². The fraction of sp³-hybridized carbons (Fsp3) is 0.400. The van der Waals surface area contributed by atoms with E-state index >= 15 is 0 Å². The molecule has 9 nitrogen and oxygen atoms in total. The number of pyridine rings is 1. The SMILES string of the molecule is Cn1c(=O)c2c(OCCN3CCOCC3)c(C(=O)NCCCn3ccnc3)sc2c2ccccc21. The van der Waals surface area contributed by atoms with Crippen LogP contribution in [0.2, 0.25) is 0 Å². The molecule has 5 rings (SSSR count). The number of benzene rings is 1. The lowest BCUT2D eigenvalue weighted by Gasteiger charge is -2.26. The first-order chi connectivity index (χ1) is 17.1. The van der Waals surface area contributed by atoms with Crippen molar-refractivity contribution in [1.82, 2.24) is 24.3 Å². The predicted molar refractivity (Wildman–Crippen MR) is 137 cm³/mol. The van der Waals surface area contributed by atoms with Gasteiger partial charge in [-0.2, -0.15) is 0 Å². The molecule has 1 aliphatic heterocycles. The van der Waals surface area contributed by atoms with E-state index in [-0.39, 0.29) is 11.5 Å². The number of hydrogen-bond acceptors (Lipinski definition) is 7. The zero-order valence-corrected chi connectivity index (χ0v) is 20.6. The minimum Gasteiger partial charge on any atom is -0.490 e. The summed E-state index contributed by atoms with van der Waals surface area (Å²) in [6.07, 6.45) is 6.16. The second kappa shape index (κ2) is 10.6.